The van der Waals surface area contributed by atoms with E-state index in [0.29, 0.717) is 32.8 Å². The van der Waals surface area contributed by atoms with Crippen molar-refractivity contribution >= 4 is 25.5 Å². The van der Waals surface area contributed by atoms with Crippen LogP contribution in [0.15, 0.2) is 0 Å². The third kappa shape index (κ3) is 15.5. The lowest BCUT2D eigenvalue weighted by Crippen LogP contribution is -2.30. The molecule has 0 heterocycles. The van der Waals surface area contributed by atoms with Crippen molar-refractivity contribution in [3.63, 3.8) is 0 Å². The van der Waals surface area contributed by atoms with Crippen molar-refractivity contribution in [2.24, 2.45) is 11.3 Å². The molecule has 0 aliphatic rings. The molecular weight excluding hydrogens is 421 g/mol. The molecule has 2 unspecified atom stereocenters. The van der Waals surface area contributed by atoms with Crippen molar-refractivity contribution in [3.8, 4) is 0 Å². The van der Waals surface area contributed by atoms with Gasteiger partial charge in [0.1, 0.15) is 13.9 Å². The highest BCUT2D eigenvalue weighted by Gasteiger charge is 2.30. The van der Waals surface area contributed by atoms with E-state index in [2.05, 4.69) is 32.4 Å². The summed E-state index contributed by atoms with van der Waals surface area (Å²) >= 11 is 0. The fraction of sp³-hybridized carbons (Fsp3) is 0.864. The molecule has 8 nitrogen and oxygen atoms in total. The SMILES string of the molecule is C=P(O)(OCC(COC(=O)CCCOCCNC(=O)COC)CC(C)(C)C)C(C)(C)C. The molecule has 2 atom stereocenters. The zero-order valence-corrected chi connectivity index (χ0v) is 21.4. The van der Waals surface area contributed by atoms with Gasteiger partial charge in [-0.05, 0) is 18.3 Å². The van der Waals surface area contributed by atoms with Gasteiger partial charge >= 0.3 is 5.97 Å². The minimum absolute atomic E-state index is 0.0217. The average molecular weight is 466 g/mol. The predicted molar refractivity (Wildman–Crippen MR) is 125 cm³/mol. The molecule has 0 aromatic carbocycles. The van der Waals surface area contributed by atoms with Crippen LogP contribution < -0.4 is 5.32 Å². The maximum Gasteiger partial charge on any atom is 0.305 e. The van der Waals surface area contributed by atoms with Crippen molar-refractivity contribution in [1.29, 1.82) is 0 Å². The number of ether oxygens (including phenoxy) is 3. The van der Waals surface area contributed by atoms with Gasteiger partial charge in [-0.1, -0.05) is 47.8 Å². The summed E-state index contributed by atoms with van der Waals surface area (Å²) in [6, 6.07) is 0. The molecular formula is C22H44NO7P. The van der Waals surface area contributed by atoms with E-state index in [0.717, 1.165) is 6.42 Å². The Hall–Kier alpha value is -0.920. The number of nitrogens with one attached hydrogen (secondary N) is 1. The minimum atomic E-state index is -2.77. The van der Waals surface area contributed by atoms with Crippen LogP contribution in [0.1, 0.15) is 60.8 Å². The fourth-order valence-corrected chi connectivity index (χ4v) is 3.45. The Labute approximate surface area is 188 Å². The number of hydrogen-bond donors (Lipinski definition) is 2. The van der Waals surface area contributed by atoms with Crippen molar-refractivity contribution in [3.05, 3.63) is 0 Å². The van der Waals surface area contributed by atoms with Gasteiger partial charge in [0.15, 0.2) is 0 Å². The molecule has 0 aliphatic carbocycles. The smallest absolute Gasteiger partial charge is 0.305 e. The predicted octanol–water partition coefficient (Wildman–Crippen LogP) is 3.23. The van der Waals surface area contributed by atoms with Crippen LogP contribution in [0.3, 0.4) is 0 Å². The van der Waals surface area contributed by atoms with Crippen LogP contribution in [0.5, 0.6) is 0 Å². The molecule has 0 spiro atoms. The average Bonchev–Trinajstić information content (AvgIpc) is 2.61. The standard InChI is InChI=1S/C22H44NO7P/c1-21(2,3)14-18(16-30-31(8,26)22(4,5)6)15-29-20(25)10-9-12-28-13-11-23-19(24)17-27-7/h18,26H,8-17H2,1-7H3,(H,23,24). The van der Waals surface area contributed by atoms with Crippen LogP contribution in [0.4, 0.5) is 0 Å². The van der Waals surface area contributed by atoms with Crippen molar-refractivity contribution in [1.82, 2.24) is 5.32 Å². The Balaban J connectivity index is 4.25. The molecule has 2 N–H and O–H groups in total. The Morgan fingerprint density at radius 3 is 2.29 bits per heavy atom. The maximum atomic E-state index is 12.1. The van der Waals surface area contributed by atoms with E-state index in [1.165, 1.54) is 7.11 Å². The summed E-state index contributed by atoms with van der Waals surface area (Å²) in [5.41, 5.74) is 0.0341. The number of carbonyl (C=O) groups is 2. The molecule has 0 radical (unpaired) electrons. The van der Waals surface area contributed by atoms with E-state index in [-0.39, 0.29) is 42.8 Å². The highest BCUT2D eigenvalue weighted by Crippen LogP contribution is 2.54. The molecule has 0 aromatic rings. The van der Waals surface area contributed by atoms with E-state index in [1.807, 2.05) is 20.8 Å². The Morgan fingerprint density at radius 2 is 1.74 bits per heavy atom. The van der Waals surface area contributed by atoms with Gasteiger partial charge in [0.05, 0.1) is 19.8 Å². The highest BCUT2D eigenvalue weighted by atomic mass is 31.2. The molecule has 0 saturated heterocycles. The lowest BCUT2D eigenvalue weighted by Gasteiger charge is -2.34. The molecule has 0 aliphatic heterocycles. The van der Waals surface area contributed by atoms with Crippen molar-refractivity contribution < 1.29 is 33.2 Å². The van der Waals surface area contributed by atoms with Gasteiger partial charge in [-0.15, -0.1) is 0 Å². The number of esters is 1. The summed E-state index contributed by atoms with van der Waals surface area (Å²) in [5.74, 6) is -0.497. The lowest BCUT2D eigenvalue weighted by molar-refractivity contribution is -0.146. The first kappa shape index (κ1) is 30.1. The largest absolute Gasteiger partial charge is 0.465 e. The molecule has 0 bridgehead atoms. The molecule has 0 fully saturated rings. The first-order chi connectivity index (χ1) is 14.2. The summed E-state index contributed by atoms with van der Waals surface area (Å²) in [7, 11) is -1.31. The van der Waals surface area contributed by atoms with Crippen LogP contribution in [0.2, 0.25) is 0 Å². The van der Waals surface area contributed by atoms with Gasteiger partial charge in [-0.3, -0.25) is 9.59 Å². The first-order valence-corrected chi connectivity index (χ1v) is 12.6. The Morgan fingerprint density at radius 1 is 1.10 bits per heavy atom. The number of hydrogen-bond acceptors (Lipinski definition) is 7. The van der Waals surface area contributed by atoms with Crippen LogP contribution >= 0.6 is 7.34 Å². The molecule has 0 saturated carbocycles. The van der Waals surface area contributed by atoms with E-state index >= 15 is 0 Å². The fourth-order valence-electron chi connectivity index (χ4n) is 2.60. The summed E-state index contributed by atoms with van der Waals surface area (Å²) in [4.78, 5) is 33.9. The van der Waals surface area contributed by atoms with Crippen LogP contribution in [-0.2, 0) is 28.3 Å². The van der Waals surface area contributed by atoms with Gasteiger partial charge in [-0.2, -0.15) is 0 Å². The van der Waals surface area contributed by atoms with Crippen molar-refractivity contribution in [2.75, 3.05) is 46.7 Å². The van der Waals surface area contributed by atoms with Gasteiger partial charge in [0.25, 0.3) is 0 Å². The third-order valence-electron chi connectivity index (χ3n) is 4.47. The third-order valence-corrected chi connectivity index (χ3v) is 7.14. The second-order valence-corrected chi connectivity index (χ2v) is 13.0. The number of amides is 1. The van der Waals surface area contributed by atoms with Gasteiger partial charge in [0, 0.05) is 37.8 Å². The molecule has 184 valence electrons. The number of rotatable bonds is 15. The molecule has 0 rings (SSSR count). The van der Waals surface area contributed by atoms with E-state index < -0.39 is 12.5 Å². The van der Waals surface area contributed by atoms with E-state index in [4.69, 9.17) is 18.7 Å². The number of methoxy groups -OCH3 is 1. The second kappa shape index (κ2) is 14.3. The van der Waals surface area contributed by atoms with Crippen molar-refractivity contribution in [2.45, 2.75) is 66.0 Å². The van der Waals surface area contributed by atoms with Gasteiger partial charge in [-0.25, -0.2) is 0 Å². The lowest BCUT2D eigenvalue weighted by atomic mass is 9.85. The van der Waals surface area contributed by atoms with E-state index in [1.54, 1.807) is 0 Å². The minimum Gasteiger partial charge on any atom is -0.465 e. The summed E-state index contributed by atoms with van der Waals surface area (Å²) in [5, 5.41) is 2.23. The first-order valence-electron chi connectivity index (χ1n) is 10.8. The summed E-state index contributed by atoms with van der Waals surface area (Å²) in [6.45, 7) is 13.8. The summed E-state index contributed by atoms with van der Waals surface area (Å²) in [6.07, 6.45) is 5.48. The van der Waals surface area contributed by atoms with Gasteiger partial charge in [0.2, 0.25) is 5.91 Å². The van der Waals surface area contributed by atoms with Crippen LogP contribution in [0, 0.1) is 11.3 Å². The van der Waals surface area contributed by atoms with Crippen LogP contribution in [-0.4, -0.2) is 74.9 Å². The number of carbonyl (C=O) groups excluding carboxylic acids is 2. The Kier molecular flexibility index (Phi) is 13.8. The normalized spacial score (nSPS) is 15.2. The van der Waals surface area contributed by atoms with Crippen LogP contribution in [0.25, 0.3) is 0 Å². The van der Waals surface area contributed by atoms with E-state index in [9.17, 15) is 14.5 Å². The molecule has 31 heavy (non-hydrogen) atoms. The zero-order chi connectivity index (χ0) is 24.1. The zero-order valence-electron chi connectivity index (χ0n) is 20.5. The highest BCUT2D eigenvalue weighted by molar-refractivity contribution is 7.65. The molecule has 9 heteroatoms. The monoisotopic (exact) mass is 465 g/mol. The summed E-state index contributed by atoms with van der Waals surface area (Å²) < 4.78 is 21.4. The Bertz CT molecular complexity index is 581. The van der Waals surface area contributed by atoms with Gasteiger partial charge < -0.3 is 28.9 Å². The topological polar surface area (TPSA) is 103 Å². The quantitative estimate of drug-likeness (QED) is 0.217. The molecule has 1 amide bonds. The molecule has 0 aromatic heterocycles. The second-order valence-electron chi connectivity index (χ2n) is 9.98. The maximum absolute atomic E-state index is 12.1.